The van der Waals surface area contributed by atoms with Gasteiger partial charge < -0.3 is 4.74 Å². The van der Waals surface area contributed by atoms with E-state index in [1.54, 1.807) is 36.4 Å². The molecule has 3 rings (SSSR count). The van der Waals surface area contributed by atoms with E-state index in [1.165, 1.54) is 19.2 Å². The van der Waals surface area contributed by atoms with Crippen molar-refractivity contribution in [2.75, 3.05) is 18.0 Å². The lowest BCUT2D eigenvalue weighted by atomic mass is 9.80. The van der Waals surface area contributed by atoms with E-state index in [0.717, 1.165) is 9.87 Å². The molecule has 0 aliphatic rings. The third-order valence-electron chi connectivity index (χ3n) is 5.67. The smallest absolute Gasteiger partial charge is 0.264 e. The Kier molecular flexibility index (Phi) is 8.76. The Bertz CT molecular complexity index is 1310. The maximum atomic E-state index is 13.5. The normalized spacial score (nSPS) is 12.2. The summed E-state index contributed by atoms with van der Waals surface area (Å²) < 4.78 is 33.1. The summed E-state index contributed by atoms with van der Waals surface area (Å²) in [6.07, 6.45) is 0.613. The van der Waals surface area contributed by atoms with Crippen LogP contribution in [-0.4, -0.2) is 33.7 Å². The van der Waals surface area contributed by atoms with Gasteiger partial charge in [0.15, 0.2) is 0 Å². The van der Waals surface area contributed by atoms with Crippen LogP contribution in [0.2, 0.25) is 5.02 Å². The van der Waals surface area contributed by atoms with Crippen LogP contribution >= 0.6 is 11.6 Å². The maximum absolute atomic E-state index is 13.5. The minimum absolute atomic E-state index is 0.0235. The highest BCUT2D eigenvalue weighted by Crippen LogP contribution is 2.28. The van der Waals surface area contributed by atoms with E-state index in [1.807, 2.05) is 25.1 Å². The summed E-state index contributed by atoms with van der Waals surface area (Å²) in [4.78, 5) is 12.9. The van der Waals surface area contributed by atoms with Crippen LogP contribution in [0.3, 0.4) is 0 Å². The summed E-state index contributed by atoms with van der Waals surface area (Å²) >= 11 is 5.99. The van der Waals surface area contributed by atoms with Gasteiger partial charge in [-0.15, -0.1) is 0 Å². The molecule has 36 heavy (non-hydrogen) atoms. The second-order valence-electron chi connectivity index (χ2n) is 8.97. The number of benzene rings is 3. The van der Waals surface area contributed by atoms with Crippen molar-refractivity contribution in [1.82, 2.24) is 5.43 Å². The molecule has 1 amide bonds. The zero-order valence-electron chi connectivity index (χ0n) is 20.7. The van der Waals surface area contributed by atoms with Crippen LogP contribution in [0.15, 0.2) is 88.9 Å². The highest BCUT2D eigenvalue weighted by molar-refractivity contribution is 7.92. The Hall–Kier alpha value is -3.36. The van der Waals surface area contributed by atoms with E-state index >= 15 is 0 Å². The summed E-state index contributed by atoms with van der Waals surface area (Å²) in [6, 6.07) is 22.3. The van der Waals surface area contributed by atoms with Crippen molar-refractivity contribution >= 4 is 38.9 Å². The molecule has 3 aromatic rings. The molecule has 0 spiro atoms. The topological polar surface area (TPSA) is 88.1 Å². The van der Waals surface area contributed by atoms with Gasteiger partial charge >= 0.3 is 0 Å². The van der Waals surface area contributed by atoms with Crippen molar-refractivity contribution in [2.45, 2.75) is 37.5 Å². The molecule has 0 bridgehead atoms. The minimum Gasteiger partial charge on any atom is -0.497 e. The lowest BCUT2D eigenvalue weighted by molar-refractivity contribution is -0.119. The Labute approximate surface area is 217 Å². The lowest BCUT2D eigenvalue weighted by Gasteiger charge is -2.25. The number of nitrogens with zero attached hydrogens (tertiary/aromatic N) is 2. The number of rotatable bonds is 10. The fourth-order valence-electron chi connectivity index (χ4n) is 3.79. The number of hydrazone groups is 1. The van der Waals surface area contributed by atoms with Gasteiger partial charge in [0.25, 0.3) is 15.9 Å². The average Bonchev–Trinajstić information content (AvgIpc) is 2.87. The van der Waals surface area contributed by atoms with Crippen LogP contribution < -0.4 is 14.5 Å². The van der Waals surface area contributed by atoms with Gasteiger partial charge in [-0.2, -0.15) is 5.10 Å². The van der Waals surface area contributed by atoms with Crippen LogP contribution in [0.1, 0.15) is 32.8 Å². The van der Waals surface area contributed by atoms with Gasteiger partial charge in [-0.05, 0) is 72.9 Å². The Morgan fingerprint density at radius 2 is 1.61 bits per heavy atom. The van der Waals surface area contributed by atoms with Crippen molar-refractivity contribution < 1.29 is 17.9 Å². The standard InChI is InChI=1S/C27H30ClN3O4S/c1-20(18-27(2,3)21-8-6-5-7-9-21)29-30-26(32)19-31(23-12-10-22(28)11-13-23)36(33,34)25-16-14-24(35-4)15-17-25/h5-17H,18-19H2,1-4H3,(H,30,32)/b29-20-. The van der Waals surface area contributed by atoms with Crippen molar-refractivity contribution in [3.63, 3.8) is 0 Å². The molecule has 0 heterocycles. The van der Waals surface area contributed by atoms with Gasteiger partial charge in [-0.3, -0.25) is 9.10 Å². The molecule has 190 valence electrons. The average molecular weight is 528 g/mol. The monoisotopic (exact) mass is 527 g/mol. The maximum Gasteiger partial charge on any atom is 0.264 e. The van der Waals surface area contributed by atoms with Crippen molar-refractivity contribution in [3.8, 4) is 5.75 Å². The molecule has 0 radical (unpaired) electrons. The van der Waals surface area contributed by atoms with E-state index < -0.39 is 22.5 Å². The third-order valence-corrected chi connectivity index (χ3v) is 7.71. The van der Waals surface area contributed by atoms with E-state index in [0.29, 0.717) is 28.6 Å². The predicted octanol–water partition coefficient (Wildman–Crippen LogP) is 5.40. The zero-order chi connectivity index (χ0) is 26.3. The van der Waals surface area contributed by atoms with Gasteiger partial charge in [-0.1, -0.05) is 55.8 Å². The summed E-state index contributed by atoms with van der Waals surface area (Å²) in [5.74, 6) is -0.0492. The van der Waals surface area contributed by atoms with Gasteiger partial charge in [0, 0.05) is 10.7 Å². The third kappa shape index (κ3) is 6.86. The number of hydrogen-bond acceptors (Lipinski definition) is 5. The number of nitrogens with one attached hydrogen (secondary N) is 1. The summed E-state index contributed by atoms with van der Waals surface area (Å²) in [7, 11) is -2.57. The fourth-order valence-corrected chi connectivity index (χ4v) is 5.34. The molecule has 0 fully saturated rings. The first-order valence-corrected chi connectivity index (χ1v) is 13.1. The Balaban J connectivity index is 1.79. The number of halogens is 1. The zero-order valence-corrected chi connectivity index (χ0v) is 22.3. The number of hydrogen-bond donors (Lipinski definition) is 1. The molecule has 0 aromatic heterocycles. The first-order valence-electron chi connectivity index (χ1n) is 11.3. The number of amides is 1. The second-order valence-corrected chi connectivity index (χ2v) is 11.3. The summed E-state index contributed by atoms with van der Waals surface area (Å²) in [6.45, 7) is 5.57. The number of ether oxygens (including phenoxy) is 1. The molecule has 1 N–H and O–H groups in total. The van der Waals surface area contributed by atoms with E-state index in [2.05, 4.69) is 36.5 Å². The Morgan fingerprint density at radius 3 is 2.19 bits per heavy atom. The number of sulfonamides is 1. The molecule has 3 aromatic carbocycles. The van der Waals surface area contributed by atoms with Gasteiger partial charge in [0.1, 0.15) is 12.3 Å². The number of methoxy groups -OCH3 is 1. The number of anilines is 1. The minimum atomic E-state index is -4.07. The summed E-state index contributed by atoms with van der Waals surface area (Å²) in [5, 5.41) is 4.68. The molecule has 7 nitrogen and oxygen atoms in total. The highest BCUT2D eigenvalue weighted by Gasteiger charge is 2.27. The Morgan fingerprint density at radius 1 is 1.00 bits per heavy atom. The van der Waals surface area contributed by atoms with Crippen LogP contribution in [0, 0.1) is 0 Å². The summed E-state index contributed by atoms with van der Waals surface area (Å²) in [5.41, 5.74) is 4.49. The number of carbonyl (C=O) groups is 1. The van der Waals surface area contributed by atoms with Crippen LogP contribution in [-0.2, 0) is 20.2 Å². The van der Waals surface area contributed by atoms with Gasteiger partial charge in [-0.25, -0.2) is 13.8 Å². The van der Waals surface area contributed by atoms with Crippen LogP contribution in [0.25, 0.3) is 0 Å². The first-order chi connectivity index (χ1) is 17.0. The van der Waals surface area contributed by atoms with Gasteiger partial charge in [0.2, 0.25) is 0 Å². The van der Waals surface area contributed by atoms with Crippen molar-refractivity contribution in [1.29, 1.82) is 0 Å². The molecule has 0 unspecified atom stereocenters. The number of carbonyl (C=O) groups excluding carboxylic acids is 1. The van der Waals surface area contributed by atoms with E-state index in [4.69, 9.17) is 16.3 Å². The quantitative estimate of drug-likeness (QED) is 0.282. The molecule has 9 heteroatoms. The van der Waals surface area contributed by atoms with Crippen molar-refractivity contribution in [3.05, 3.63) is 89.4 Å². The predicted molar refractivity (Wildman–Crippen MR) is 144 cm³/mol. The van der Waals surface area contributed by atoms with E-state index in [9.17, 15) is 13.2 Å². The molecular formula is C27H30ClN3O4S. The molecule has 0 saturated carbocycles. The molecule has 0 aliphatic carbocycles. The van der Waals surface area contributed by atoms with Crippen LogP contribution in [0.5, 0.6) is 5.75 Å². The molecule has 0 aliphatic heterocycles. The largest absolute Gasteiger partial charge is 0.497 e. The molecule has 0 saturated heterocycles. The lowest BCUT2D eigenvalue weighted by Crippen LogP contribution is -2.39. The highest BCUT2D eigenvalue weighted by atomic mass is 35.5. The van der Waals surface area contributed by atoms with E-state index in [-0.39, 0.29) is 10.3 Å². The fraction of sp³-hybridized carbons (Fsp3) is 0.259. The van der Waals surface area contributed by atoms with Gasteiger partial charge in [0.05, 0.1) is 17.7 Å². The van der Waals surface area contributed by atoms with Crippen molar-refractivity contribution in [2.24, 2.45) is 5.10 Å². The second kappa shape index (κ2) is 11.6. The SMILES string of the molecule is COc1ccc(S(=O)(=O)N(CC(=O)N/N=C(/C)CC(C)(C)c2ccccc2)c2ccc(Cl)cc2)cc1. The first kappa shape index (κ1) is 27.2. The van der Waals surface area contributed by atoms with Crippen LogP contribution in [0.4, 0.5) is 5.69 Å². The molecular weight excluding hydrogens is 498 g/mol. The molecule has 0 atom stereocenters.